The summed E-state index contributed by atoms with van der Waals surface area (Å²) < 4.78 is 0. The predicted octanol–water partition coefficient (Wildman–Crippen LogP) is 2.83. The summed E-state index contributed by atoms with van der Waals surface area (Å²) >= 11 is 1.92. The van der Waals surface area contributed by atoms with Gasteiger partial charge in [-0.15, -0.1) is 0 Å². The minimum atomic E-state index is 0.539. The van der Waals surface area contributed by atoms with Crippen LogP contribution in [0.15, 0.2) is 0 Å². The Kier molecular flexibility index (Phi) is 3.32. The van der Waals surface area contributed by atoms with Gasteiger partial charge in [0.05, 0.1) is 5.69 Å². The Hall–Kier alpha value is -0.610. The maximum Gasteiger partial charge on any atom is 0.185 e. The molecule has 0 saturated carbocycles. The van der Waals surface area contributed by atoms with E-state index in [1.807, 2.05) is 11.3 Å². The topological polar surface area (TPSA) is 28.2 Å². The van der Waals surface area contributed by atoms with Crippen molar-refractivity contribution in [3.8, 4) is 0 Å². The molecule has 3 unspecified atom stereocenters. The summed E-state index contributed by atoms with van der Waals surface area (Å²) in [6.45, 7) is 7.07. The molecule has 0 bridgehead atoms. The molecule has 1 aromatic rings. The van der Waals surface area contributed by atoms with Crippen LogP contribution in [-0.4, -0.2) is 25.1 Å². The summed E-state index contributed by atoms with van der Waals surface area (Å²) in [5.41, 5.74) is 1.35. The van der Waals surface area contributed by atoms with Crippen LogP contribution in [0.3, 0.4) is 0 Å². The van der Waals surface area contributed by atoms with E-state index in [-0.39, 0.29) is 0 Å². The van der Waals surface area contributed by atoms with Gasteiger partial charge in [0.2, 0.25) is 0 Å². The van der Waals surface area contributed by atoms with Crippen LogP contribution < -0.4 is 10.2 Å². The van der Waals surface area contributed by atoms with Crippen molar-refractivity contribution in [1.29, 1.82) is 0 Å². The molecule has 3 rings (SSSR count). The van der Waals surface area contributed by atoms with Gasteiger partial charge in [-0.2, -0.15) is 0 Å². The van der Waals surface area contributed by atoms with Gasteiger partial charge in [0.15, 0.2) is 5.13 Å². The molecular weight excluding hydrogens is 242 g/mol. The summed E-state index contributed by atoms with van der Waals surface area (Å²) in [5, 5.41) is 4.70. The number of aromatic nitrogens is 1. The quantitative estimate of drug-likeness (QED) is 0.891. The summed E-state index contributed by atoms with van der Waals surface area (Å²) in [6, 6.07) is 0.539. The van der Waals surface area contributed by atoms with Gasteiger partial charge in [0, 0.05) is 24.0 Å². The highest BCUT2D eigenvalue weighted by Crippen LogP contribution is 2.39. The van der Waals surface area contributed by atoms with E-state index in [1.165, 1.54) is 48.1 Å². The van der Waals surface area contributed by atoms with Gasteiger partial charge in [0.1, 0.15) is 0 Å². The lowest BCUT2D eigenvalue weighted by Gasteiger charge is -2.19. The number of nitrogens with one attached hydrogen (secondary N) is 1. The molecule has 1 saturated heterocycles. The molecule has 1 fully saturated rings. The van der Waals surface area contributed by atoms with Gasteiger partial charge in [0.25, 0.3) is 0 Å². The zero-order valence-corrected chi connectivity index (χ0v) is 12.4. The van der Waals surface area contributed by atoms with Crippen LogP contribution in [0.25, 0.3) is 0 Å². The Morgan fingerprint density at radius 1 is 1.28 bits per heavy atom. The first kappa shape index (κ1) is 12.4. The van der Waals surface area contributed by atoms with E-state index in [2.05, 4.69) is 31.1 Å². The lowest BCUT2D eigenvalue weighted by Crippen LogP contribution is -2.20. The zero-order valence-electron chi connectivity index (χ0n) is 11.6. The predicted molar refractivity (Wildman–Crippen MR) is 77.4 cm³/mol. The standard InChI is InChI=1S/C14H23N3S/c1-9-7-17(8-10(9)2)14-16-12-6-4-5-11(15-3)13(12)18-14/h9-11,15H,4-8H2,1-3H3. The van der Waals surface area contributed by atoms with Crippen LogP contribution in [0, 0.1) is 11.8 Å². The van der Waals surface area contributed by atoms with Crippen molar-refractivity contribution < 1.29 is 0 Å². The van der Waals surface area contributed by atoms with Gasteiger partial charge in [-0.05, 0) is 38.1 Å². The Balaban J connectivity index is 1.85. The summed E-state index contributed by atoms with van der Waals surface area (Å²) in [5.74, 6) is 1.59. The van der Waals surface area contributed by atoms with Gasteiger partial charge >= 0.3 is 0 Å². The number of rotatable bonds is 2. The van der Waals surface area contributed by atoms with Crippen molar-refractivity contribution in [2.45, 2.75) is 39.2 Å². The lowest BCUT2D eigenvalue weighted by atomic mass is 9.98. The number of fused-ring (bicyclic) bond motifs is 1. The summed E-state index contributed by atoms with van der Waals surface area (Å²) in [4.78, 5) is 8.89. The molecule has 1 aliphatic carbocycles. The highest BCUT2D eigenvalue weighted by Gasteiger charge is 2.30. The van der Waals surface area contributed by atoms with E-state index in [0.717, 1.165) is 11.8 Å². The fourth-order valence-corrected chi connectivity index (χ4v) is 4.38. The summed E-state index contributed by atoms with van der Waals surface area (Å²) in [7, 11) is 2.07. The number of anilines is 1. The second-order valence-electron chi connectivity index (χ2n) is 5.90. The van der Waals surface area contributed by atoms with Crippen molar-refractivity contribution >= 4 is 16.5 Å². The van der Waals surface area contributed by atoms with E-state index in [9.17, 15) is 0 Å². The molecule has 1 aromatic heterocycles. The van der Waals surface area contributed by atoms with E-state index in [4.69, 9.17) is 4.98 Å². The van der Waals surface area contributed by atoms with Crippen molar-refractivity contribution in [1.82, 2.24) is 10.3 Å². The largest absolute Gasteiger partial charge is 0.348 e. The fraction of sp³-hybridized carbons (Fsp3) is 0.786. The fourth-order valence-electron chi connectivity index (χ4n) is 3.10. The van der Waals surface area contributed by atoms with Crippen LogP contribution in [0.5, 0.6) is 0 Å². The van der Waals surface area contributed by atoms with Crippen LogP contribution in [0.2, 0.25) is 0 Å². The minimum Gasteiger partial charge on any atom is -0.348 e. The molecule has 2 heterocycles. The van der Waals surface area contributed by atoms with Gasteiger partial charge in [-0.1, -0.05) is 25.2 Å². The van der Waals surface area contributed by atoms with Crippen LogP contribution in [-0.2, 0) is 6.42 Å². The smallest absolute Gasteiger partial charge is 0.185 e. The molecule has 4 heteroatoms. The highest BCUT2D eigenvalue weighted by molar-refractivity contribution is 7.15. The van der Waals surface area contributed by atoms with E-state index in [0.29, 0.717) is 6.04 Å². The average Bonchev–Trinajstić information content (AvgIpc) is 2.93. The Labute approximate surface area is 114 Å². The van der Waals surface area contributed by atoms with Gasteiger partial charge < -0.3 is 10.2 Å². The molecule has 1 N–H and O–H groups in total. The van der Waals surface area contributed by atoms with Crippen LogP contribution >= 0.6 is 11.3 Å². The average molecular weight is 265 g/mol. The van der Waals surface area contributed by atoms with E-state index < -0.39 is 0 Å². The van der Waals surface area contributed by atoms with Crippen LogP contribution in [0.1, 0.15) is 43.3 Å². The third-order valence-corrected chi connectivity index (χ3v) is 5.82. The molecular formula is C14H23N3S. The monoisotopic (exact) mass is 265 g/mol. The molecule has 2 aliphatic rings. The molecule has 100 valence electrons. The first-order chi connectivity index (χ1) is 8.69. The first-order valence-corrected chi connectivity index (χ1v) is 7.92. The molecule has 18 heavy (non-hydrogen) atoms. The Bertz CT molecular complexity index is 419. The van der Waals surface area contributed by atoms with E-state index >= 15 is 0 Å². The molecule has 0 spiro atoms. The van der Waals surface area contributed by atoms with Gasteiger partial charge in [-0.25, -0.2) is 4.98 Å². The summed E-state index contributed by atoms with van der Waals surface area (Å²) in [6.07, 6.45) is 3.70. The first-order valence-electron chi connectivity index (χ1n) is 7.11. The van der Waals surface area contributed by atoms with Crippen molar-refractivity contribution in [2.75, 3.05) is 25.0 Å². The molecule has 3 atom stereocenters. The number of nitrogens with zero attached hydrogens (tertiary/aromatic N) is 2. The maximum atomic E-state index is 4.90. The Morgan fingerprint density at radius 2 is 2.00 bits per heavy atom. The van der Waals surface area contributed by atoms with E-state index in [1.54, 1.807) is 0 Å². The SMILES string of the molecule is CNC1CCCc2nc(N3CC(C)C(C)C3)sc21. The Morgan fingerprint density at radius 3 is 2.67 bits per heavy atom. The van der Waals surface area contributed by atoms with Crippen molar-refractivity contribution in [3.63, 3.8) is 0 Å². The number of thiazole rings is 1. The third-order valence-electron chi connectivity index (χ3n) is 4.55. The minimum absolute atomic E-state index is 0.539. The molecule has 0 radical (unpaired) electrons. The molecule has 0 aromatic carbocycles. The molecule has 3 nitrogen and oxygen atoms in total. The number of hydrogen-bond acceptors (Lipinski definition) is 4. The maximum absolute atomic E-state index is 4.90. The van der Waals surface area contributed by atoms with Gasteiger partial charge in [-0.3, -0.25) is 0 Å². The lowest BCUT2D eigenvalue weighted by molar-refractivity contribution is 0.494. The zero-order chi connectivity index (χ0) is 12.7. The third kappa shape index (κ3) is 2.05. The number of hydrogen-bond donors (Lipinski definition) is 1. The van der Waals surface area contributed by atoms with Crippen LogP contribution in [0.4, 0.5) is 5.13 Å². The second-order valence-corrected chi connectivity index (χ2v) is 6.91. The van der Waals surface area contributed by atoms with Crippen molar-refractivity contribution in [3.05, 3.63) is 10.6 Å². The molecule has 1 aliphatic heterocycles. The highest BCUT2D eigenvalue weighted by atomic mass is 32.1. The number of aryl methyl sites for hydroxylation is 1. The second kappa shape index (κ2) is 4.82. The molecule has 0 amide bonds. The normalized spacial score (nSPS) is 31.7. The van der Waals surface area contributed by atoms with Crippen molar-refractivity contribution in [2.24, 2.45) is 11.8 Å².